The van der Waals surface area contributed by atoms with Crippen LogP contribution in [0.4, 0.5) is 5.69 Å². The van der Waals surface area contributed by atoms with Crippen LogP contribution in [0.1, 0.15) is 19.3 Å². The van der Waals surface area contributed by atoms with Crippen molar-refractivity contribution in [3.8, 4) is 11.5 Å². The Hall–Kier alpha value is -1.55. The molecule has 4 N–H and O–H groups in total. The van der Waals surface area contributed by atoms with Gasteiger partial charge in [0, 0.05) is 24.2 Å². The maximum atomic E-state index is 12.6. The highest BCUT2D eigenvalue weighted by Crippen LogP contribution is 2.37. The Morgan fingerprint density at radius 1 is 1.42 bits per heavy atom. The second-order valence-corrected chi connectivity index (χ2v) is 7.61. The van der Waals surface area contributed by atoms with Gasteiger partial charge >= 0.3 is 0 Å². The van der Waals surface area contributed by atoms with E-state index in [9.17, 15) is 13.2 Å². The van der Waals surface area contributed by atoms with Gasteiger partial charge in [0.05, 0.1) is 12.8 Å². The highest BCUT2D eigenvalue weighted by Gasteiger charge is 2.34. The molecule has 1 saturated carbocycles. The summed E-state index contributed by atoms with van der Waals surface area (Å²) in [6.07, 6.45) is 2.60. The highest BCUT2D eigenvalue weighted by molar-refractivity contribution is 7.89. The number of sulfonamides is 1. The number of carbonyl (C=O) groups is 1. The molecule has 0 bridgehead atoms. The van der Waals surface area contributed by atoms with E-state index in [0.717, 1.165) is 19.3 Å². The van der Waals surface area contributed by atoms with Crippen molar-refractivity contribution in [2.45, 2.75) is 29.7 Å². The van der Waals surface area contributed by atoms with E-state index in [1.807, 2.05) is 0 Å². The summed E-state index contributed by atoms with van der Waals surface area (Å²) in [5.41, 5.74) is 5.96. The molecule has 2 aliphatic rings. The summed E-state index contributed by atoms with van der Waals surface area (Å²) in [4.78, 5) is 11.3. The summed E-state index contributed by atoms with van der Waals surface area (Å²) in [6, 6.07) is 2.78. The third-order valence-corrected chi connectivity index (χ3v) is 5.57. The molecule has 8 nitrogen and oxygen atoms in total. The largest absolute Gasteiger partial charge is 0.495 e. The van der Waals surface area contributed by atoms with Crippen LogP contribution in [0.3, 0.4) is 0 Å². The molecule has 0 aromatic heterocycles. The molecule has 0 unspecified atom stereocenters. The number of amides is 1. The first-order chi connectivity index (χ1) is 10.8. The molecular weight excluding hydrogens is 358 g/mol. The number of anilines is 1. The van der Waals surface area contributed by atoms with Gasteiger partial charge in [-0.3, -0.25) is 4.79 Å². The van der Waals surface area contributed by atoms with E-state index >= 15 is 0 Å². The number of hydrogen-bond donors (Lipinski definition) is 3. The highest BCUT2D eigenvalue weighted by atomic mass is 35.5. The zero-order valence-electron chi connectivity index (χ0n) is 13.1. The van der Waals surface area contributed by atoms with E-state index < -0.39 is 15.6 Å². The van der Waals surface area contributed by atoms with Crippen molar-refractivity contribution in [2.75, 3.05) is 25.6 Å². The Labute approximate surface area is 146 Å². The average Bonchev–Trinajstić information content (AvgIpc) is 2.49. The summed E-state index contributed by atoms with van der Waals surface area (Å²) in [6.45, 7) is 0.0192. The van der Waals surface area contributed by atoms with E-state index in [2.05, 4.69) is 10.0 Å². The van der Waals surface area contributed by atoms with Crippen molar-refractivity contribution >= 4 is 34.0 Å². The molecule has 10 heteroatoms. The zero-order valence-corrected chi connectivity index (χ0v) is 14.8. The van der Waals surface area contributed by atoms with E-state index in [0.29, 0.717) is 5.69 Å². The molecule has 134 valence electrons. The van der Waals surface area contributed by atoms with E-state index in [4.69, 9.17) is 15.2 Å². The third kappa shape index (κ3) is 3.59. The van der Waals surface area contributed by atoms with Crippen LogP contribution >= 0.6 is 12.4 Å². The fourth-order valence-electron chi connectivity index (χ4n) is 2.58. The van der Waals surface area contributed by atoms with Crippen LogP contribution in [0.25, 0.3) is 0 Å². The lowest BCUT2D eigenvalue weighted by Crippen LogP contribution is -2.54. The van der Waals surface area contributed by atoms with Gasteiger partial charge in [-0.1, -0.05) is 0 Å². The van der Waals surface area contributed by atoms with Gasteiger partial charge in [0.25, 0.3) is 5.91 Å². The predicted molar refractivity (Wildman–Crippen MR) is 90.3 cm³/mol. The van der Waals surface area contributed by atoms with Crippen molar-refractivity contribution in [3.63, 3.8) is 0 Å². The van der Waals surface area contributed by atoms with Crippen LogP contribution in [0.5, 0.6) is 11.5 Å². The minimum Gasteiger partial charge on any atom is -0.495 e. The number of hydrogen-bond acceptors (Lipinski definition) is 6. The summed E-state index contributed by atoms with van der Waals surface area (Å²) >= 11 is 0. The Kier molecular flexibility index (Phi) is 5.28. The number of rotatable bonds is 5. The van der Waals surface area contributed by atoms with Crippen molar-refractivity contribution in [1.82, 2.24) is 4.72 Å². The normalized spacial score (nSPS) is 18.3. The second-order valence-electron chi connectivity index (χ2n) is 5.88. The van der Waals surface area contributed by atoms with Crippen LogP contribution in [0.15, 0.2) is 17.0 Å². The van der Waals surface area contributed by atoms with Gasteiger partial charge in [-0.2, -0.15) is 0 Å². The molecule has 1 fully saturated rings. The molecule has 1 aromatic rings. The van der Waals surface area contributed by atoms with Gasteiger partial charge < -0.3 is 20.5 Å². The number of nitrogens with one attached hydrogen (secondary N) is 2. The molecule has 0 spiro atoms. The molecule has 1 amide bonds. The van der Waals surface area contributed by atoms with Crippen molar-refractivity contribution in [2.24, 2.45) is 5.73 Å². The molecule has 1 aliphatic heterocycles. The lowest BCUT2D eigenvalue weighted by Gasteiger charge is -2.38. The molecule has 1 heterocycles. The maximum Gasteiger partial charge on any atom is 0.262 e. The number of ether oxygens (including phenoxy) is 2. The first-order valence-electron chi connectivity index (χ1n) is 7.26. The number of benzene rings is 1. The average molecular weight is 378 g/mol. The Bertz CT molecular complexity index is 749. The fraction of sp³-hybridized carbons (Fsp3) is 0.500. The van der Waals surface area contributed by atoms with Gasteiger partial charge in [0.15, 0.2) is 6.61 Å². The number of nitrogens with two attached hydrogens (primary N) is 1. The van der Waals surface area contributed by atoms with Crippen LogP contribution < -0.4 is 25.2 Å². The molecule has 0 atom stereocenters. The van der Waals surface area contributed by atoms with E-state index in [1.54, 1.807) is 0 Å². The standard InChI is InChI=1S/C14H19N3O5S.ClH/c1-21-11-5-9-10(22-7-13(18)17-9)6-12(11)23(19,20)16-8-14(15)3-2-4-14;/h5-6,16H,2-4,7-8,15H2,1H3,(H,17,18);1H. The number of methoxy groups -OCH3 is 1. The van der Waals surface area contributed by atoms with Crippen LogP contribution in [-0.2, 0) is 14.8 Å². The first kappa shape index (κ1) is 18.8. The van der Waals surface area contributed by atoms with Gasteiger partial charge in [0.1, 0.15) is 16.4 Å². The minimum atomic E-state index is -3.81. The molecule has 24 heavy (non-hydrogen) atoms. The van der Waals surface area contributed by atoms with Gasteiger partial charge in [-0.25, -0.2) is 13.1 Å². The predicted octanol–water partition coefficient (Wildman–Crippen LogP) is 0.608. The zero-order chi connectivity index (χ0) is 16.7. The maximum absolute atomic E-state index is 12.6. The summed E-state index contributed by atoms with van der Waals surface area (Å²) in [7, 11) is -2.44. The van der Waals surface area contributed by atoms with Gasteiger partial charge in [-0.15, -0.1) is 12.4 Å². The second kappa shape index (κ2) is 6.75. The van der Waals surface area contributed by atoms with Gasteiger partial charge in [-0.05, 0) is 19.3 Å². The number of halogens is 1. The van der Waals surface area contributed by atoms with Crippen LogP contribution in [0, 0.1) is 0 Å². The Balaban J connectivity index is 0.00000208. The quantitative estimate of drug-likeness (QED) is 0.691. The van der Waals surface area contributed by atoms with E-state index in [1.165, 1.54) is 19.2 Å². The molecule has 1 aromatic carbocycles. The Morgan fingerprint density at radius 2 is 2.12 bits per heavy atom. The summed E-state index contributed by atoms with van der Waals surface area (Å²) in [5.74, 6) is 0.113. The molecule has 3 rings (SSSR count). The minimum absolute atomic E-state index is 0. The van der Waals surface area contributed by atoms with Crippen molar-refractivity contribution in [3.05, 3.63) is 12.1 Å². The lowest BCUT2D eigenvalue weighted by molar-refractivity contribution is -0.118. The summed E-state index contributed by atoms with van der Waals surface area (Å²) < 4.78 is 38.1. The molecule has 0 saturated heterocycles. The first-order valence-corrected chi connectivity index (χ1v) is 8.75. The van der Waals surface area contributed by atoms with Crippen molar-refractivity contribution < 1.29 is 22.7 Å². The number of fused-ring (bicyclic) bond motifs is 1. The topological polar surface area (TPSA) is 120 Å². The van der Waals surface area contributed by atoms with E-state index in [-0.39, 0.29) is 47.9 Å². The third-order valence-electron chi connectivity index (χ3n) is 4.15. The monoisotopic (exact) mass is 377 g/mol. The lowest BCUT2D eigenvalue weighted by atomic mass is 9.78. The van der Waals surface area contributed by atoms with Crippen molar-refractivity contribution in [1.29, 1.82) is 0 Å². The molecule has 0 radical (unpaired) electrons. The van der Waals surface area contributed by atoms with Crippen LogP contribution in [0.2, 0.25) is 0 Å². The van der Waals surface area contributed by atoms with Crippen LogP contribution in [-0.4, -0.2) is 40.1 Å². The summed E-state index contributed by atoms with van der Waals surface area (Å²) in [5, 5.41) is 2.61. The Morgan fingerprint density at radius 3 is 2.71 bits per heavy atom. The SMILES string of the molecule is COc1cc2c(cc1S(=O)(=O)NCC1(N)CCC1)OCC(=O)N2.Cl. The van der Waals surface area contributed by atoms with Gasteiger partial charge in [0.2, 0.25) is 10.0 Å². The molecule has 1 aliphatic carbocycles. The fourth-order valence-corrected chi connectivity index (χ4v) is 3.88. The molecular formula is C14H20ClN3O5S. The smallest absolute Gasteiger partial charge is 0.262 e. The number of carbonyl (C=O) groups excluding carboxylic acids is 1.